The maximum Gasteiger partial charge on any atom is -1.00 e. The number of hydrogen-bond acceptors (Lipinski definition) is 1. The number of halogens is 2. The number of rotatable bonds is 5. The molecule has 0 heterocycles. The molecule has 1 aliphatic rings. The molecule has 1 nitrogen and oxygen atoms in total. The Kier molecular flexibility index (Phi) is 12.0. The summed E-state index contributed by atoms with van der Waals surface area (Å²) in [7, 11) is 0. The SMILES string of the molecule is CCC(C)[NH][Zr+2]([C]1=CC(C)=CC1)[SiH](C)C.[Cl-].[Cl-]. The first-order valence-corrected chi connectivity index (χ1v) is 15.7. The standard InChI is InChI=1S/C6H7.C4H10N.C2H7Si.2ClH.Zr/c1-6-4-2-3-5-6;1-3-4(2)5;1-3-2;;;/h4-5H,2H2,1H3;4-5H,3H2,1-2H3;3H,1-2H3;2*1H;/q;-1;;;;+3/p-2. The van der Waals surface area contributed by atoms with Gasteiger partial charge in [-0.2, -0.15) is 0 Å². The summed E-state index contributed by atoms with van der Waals surface area (Å²) in [5.41, 5.74) is 1.49. The minimum Gasteiger partial charge on any atom is -1.00 e. The number of allylic oxidation sites excluding steroid dienone is 4. The van der Waals surface area contributed by atoms with E-state index in [2.05, 4.69) is 49.3 Å². The molecule has 1 aliphatic carbocycles. The Morgan fingerprint density at radius 3 is 2.35 bits per heavy atom. The summed E-state index contributed by atoms with van der Waals surface area (Å²) in [6, 6.07) is 0.733. The van der Waals surface area contributed by atoms with Gasteiger partial charge in [0.2, 0.25) is 0 Å². The van der Waals surface area contributed by atoms with Gasteiger partial charge in [0.25, 0.3) is 0 Å². The van der Waals surface area contributed by atoms with Gasteiger partial charge in [-0.05, 0) is 0 Å². The van der Waals surface area contributed by atoms with Gasteiger partial charge >= 0.3 is 104 Å². The van der Waals surface area contributed by atoms with Crippen molar-refractivity contribution in [3.8, 4) is 0 Å². The maximum absolute atomic E-state index is 3.99. The van der Waals surface area contributed by atoms with Gasteiger partial charge in [-0.15, -0.1) is 0 Å². The van der Waals surface area contributed by atoms with Crippen LogP contribution in [0, 0.1) is 0 Å². The molecule has 0 saturated heterocycles. The van der Waals surface area contributed by atoms with E-state index >= 15 is 0 Å². The first-order valence-electron chi connectivity index (χ1n) is 6.05. The molecular weight excluding hydrogens is 348 g/mol. The monoisotopic (exact) mass is 370 g/mol. The molecule has 1 atom stereocenters. The van der Waals surface area contributed by atoms with Crippen LogP contribution in [0.1, 0.15) is 33.6 Å². The second-order valence-electron chi connectivity index (χ2n) is 4.84. The van der Waals surface area contributed by atoms with Crippen molar-refractivity contribution in [1.82, 2.24) is 3.26 Å². The molecule has 0 bridgehead atoms. The van der Waals surface area contributed by atoms with E-state index in [0.717, 1.165) is 6.04 Å². The Balaban J connectivity index is 0. The van der Waals surface area contributed by atoms with Gasteiger partial charge in [-0.1, -0.05) is 0 Å². The van der Waals surface area contributed by atoms with Crippen LogP contribution in [0.2, 0.25) is 13.1 Å². The van der Waals surface area contributed by atoms with Crippen molar-refractivity contribution in [1.29, 1.82) is 0 Å². The van der Waals surface area contributed by atoms with Gasteiger partial charge in [0.15, 0.2) is 0 Å². The number of nitrogens with one attached hydrogen (secondary N) is 1. The zero-order chi connectivity index (χ0) is 11.4. The molecule has 0 fully saturated rings. The fraction of sp³-hybridized carbons (Fsp3) is 0.667. The Bertz CT molecular complexity index is 280. The molecule has 0 aromatic heterocycles. The third-order valence-electron chi connectivity index (χ3n) is 2.98. The van der Waals surface area contributed by atoms with Crippen LogP contribution in [0.3, 0.4) is 0 Å². The van der Waals surface area contributed by atoms with Gasteiger partial charge in [-0.3, -0.25) is 0 Å². The predicted octanol–water partition coefficient (Wildman–Crippen LogP) is -2.87. The van der Waals surface area contributed by atoms with E-state index in [9.17, 15) is 0 Å². The number of hydrogen-bond donors (Lipinski definition) is 1. The minimum absolute atomic E-state index is 0. The van der Waals surface area contributed by atoms with E-state index in [1.807, 2.05) is 3.28 Å². The van der Waals surface area contributed by atoms with Crippen LogP contribution in [0.4, 0.5) is 0 Å². The Labute approximate surface area is 128 Å². The summed E-state index contributed by atoms with van der Waals surface area (Å²) < 4.78 is 5.80. The van der Waals surface area contributed by atoms with Crippen LogP contribution in [0.15, 0.2) is 21.0 Å². The quantitative estimate of drug-likeness (QED) is 0.512. The molecule has 1 unspecified atom stereocenters. The summed E-state index contributed by atoms with van der Waals surface area (Å²) in [5, 5.41) is 0. The topological polar surface area (TPSA) is 12.0 Å². The third kappa shape index (κ3) is 6.73. The Morgan fingerprint density at radius 2 is 2.00 bits per heavy atom. The van der Waals surface area contributed by atoms with Gasteiger partial charge in [0.05, 0.1) is 0 Å². The predicted molar refractivity (Wildman–Crippen MR) is 68.2 cm³/mol. The Morgan fingerprint density at radius 1 is 1.41 bits per heavy atom. The van der Waals surface area contributed by atoms with Gasteiger partial charge in [0.1, 0.15) is 0 Å². The van der Waals surface area contributed by atoms with Crippen LogP contribution >= 0.6 is 0 Å². The normalized spacial score (nSPS) is 15.6. The molecule has 99 valence electrons. The van der Waals surface area contributed by atoms with Gasteiger partial charge < -0.3 is 24.8 Å². The minimum atomic E-state index is -1.38. The molecule has 0 amide bonds. The molecular formula is C12H24Cl2NSiZr. The van der Waals surface area contributed by atoms with Crippen LogP contribution in [0.25, 0.3) is 0 Å². The molecule has 17 heavy (non-hydrogen) atoms. The molecule has 5 heteroatoms. The van der Waals surface area contributed by atoms with Crippen LogP contribution in [-0.2, 0) is 21.2 Å². The molecule has 0 aromatic carbocycles. The molecule has 0 spiro atoms. The van der Waals surface area contributed by atoms with Gasteiger partial charge in [-0.25, -0.2) is 0 Å². The molecule has 1 rings (SSSR count). The van der Waals surface area contributed by atoms with Gasteiger partial charge in [0, 0.05) is 0 Å². The largest absolute Gasteiger partial charge is 1.00 e. The van der Waals surface area contributed by atoms with E-state index in [-0.39, 0.29) is 24.8 Å². The summed E-state index contributed by atoms with van der Waals surface area (Å²) in [4.78, 5) is 0. The average molecular weight is 373 g/mol. The molecule has 0 saturated carbocycles. The van der Waals surface area contributed by atoms with Crippen LogP contribution in [0.5, 0.6) is 0 Å². The molecule has 0 aromatic rings. The van der Waals surface area contributed by atoms with Crippen LogP contribution < -0.4 is 28.1 Å². The zero-order valence-electron chi connectivity index (χ0n) is 11.5. The van der Waals surface area contributed by atoms with E-state index in [0.29, 0.717) is 0 Å². The zero-order valence-corrected chi connectivity index (χ0v) is 16.6. The fourth-order valence-corrected chi connectivity index (χ4v) is 17.7. The maximum atomic E-state index is 3.99. The van der Waals surface area contributed by atoms with E-state index in [4.69, 9.17) is 0 Å². The van der Waals surface area contributed by atoms with Crippen molar-refractivity contribution in [2.24, 2.45) is 0 Å². The van der Waals surface area contributed by atoms with E-state index < -0.39 is 27.1 Å². The fourth-order valence-electron chi connectivity index (χ4n) is 1.85. The van der Waals surface area contributed by atoms with Crippen molar-refractivity contribution in [2.75, 3.05) is 0 Å². The summed E-state index contributed by atoms with van der Waals surface area (Å²) in [6.45, 7) is 11.9. The summed E-state index contributed by atoms with van der Waals surface area (Å²) >= 11 is -1.38. The van der Waals surface area contributed by atoms with Crippen LogP contribution in [-0.4, -0.2) is 12.0 Å². The van der Waals surface area contributed by atoms with Crippen molar-refractivity contribution in [3.05, 3.63) is 21.0 Å². The summed E-state index contributed by atoms with van der Waals surface area (Å²) in [5.74, 6) is -0.452. The summed E-state index contributed by atoms with van der Waals surface area (Å²) in [6.07, 6.45) is 7.39. The molecule has 1 N–H and O–H groups in total. The Hall–Kier alpha value is 1.12. The first kappa shape index (κ1) is 20.4. The second-order valence-corrected chi connectivity index (χ2v) is 23.4. The first-order chi connectivity index (χ1) is 7.04. The third-order valence-corrected chi connectivity index (χ3v) is 20.4. The van der Waals surface area contributed by atoms with Crippen molar-refractivity contribution < 1.29 is 46.0 Å². The molecule has 0 radical (unpaired) electrons. The molecule has 0 aliphatic heterocycles. The van der Waals surface area contributed by atoms with Crippen molar-refractivity contribution in [2.45, 2.75) is 52.7 Å². The van der Waals surface area contributed by atoms with E-state index in [1.165, 1.54) is 18.4 Å². The smallest absolute Gasteiger partial charge is 1.00 e. The van der Waals surface area contributed by atoms with Crippen molar-refractivity contribution in [3.63, 3.8) is 0 Å². The van der Waals surface area contributed by atoms with E-state index in [1.54, 1.807) is 0 Å². The van der Waals surface area contributed by atoms with Crippen molar-refractivity contribution >= 4 is 5.92 Å². The second kappa shape index (κ2) is 9.97. The average Bonchev–Trinajstić information content (AvgIpc) is 2.60.